The topological polar surface area (TPSA) is 37.3 Å². The molecule has 2 atom stereocenters. The number of rotatable bonds is 8. The summed E-state index contributed by atoms with van der Waals surface area (Å²) in [7, 11) is -2.98. The molecule has 2 rings (SSSR count). The molecule has 134 valence electrons. The van der Waals surface area contributed by atoms with Crippen molar-refractivity contribution in [2.24, 2.45) is 0 Å². The van der Waals surface area contributed by atoms with Crippen molar-refractivity contribution in [1.82, 2.24) is 0 Å². The van der Waals surface area contributed by atoms with Crippen LogP contribution in [0, 0.1) is 0 Å². The lowest BCUT2D eigenvalue weighted by atomic mass is 10.0. The Balaban J connectivity index is 2.64. The van der Waals surface area contributed by atoms with Gasteiger partial charge in [0, 0.05) is 10.6 Å². The number of hydrogen-bond acceptors (Lipinski definition) is 2. The van der Waals surface area contributed by atoms with Gasteiger partial charge in [0.05, 0.1) is 11.8 Å². The van der Waals surface area contributed by atoms with Crippen LogP contribution in [0.4, 0.5) is 0 Å². The van der Waals surface area contributed by atoms with Gasteiger partial charge in [-0.2, -0.15) is 0 Å². The molecule has 0 radical (unpaired) electrons. The van der Waals surface area contributed by atoms with E-state index < -0.39 is 13.2 Å². The lowest BCUT2D eigenvalue weighted by Gasteiger charge is -2.33. The second kappa shape index (κ2) is 9.17. The van der Waals surface area contributed by atoms with Crippen molar-refractivity contribution in [3.8, 4) is 0 Å². The van der Waals surface area contributed by atoms with Gasteiger partial charge in [-0.25, -0.2) is 0 Å². The Morgan fingerprint density at radius 1 is 1.04 bits per heavy atom. The number of unbranched alkanes of at least 4 members (excludes halogenated alkanes) is 1. The van der Waals surface area contributed by atoms with Crippen LogP contribution in [0.1, 0.15) is 40.0 Å². The minimum Gasteiger partial charge on any atom is -0.388 e. The van der Waals surface area contributed by atoms with Crippen LogP contribution in [0.25, 0.3) is 0 Å². The van der Waals surface area contributed by atoms with Gasteiger partial charge in [0.1, 0.15) is 7.14 Å². The van der Waals surface area contributed by atoms with Crippen molar-refractivity contribution >= 4 is 17.8 Å². The second-order valence-corrected chi connectivity index (χ2v) is 9.53. The Kier molecular flexibility index (Phi) is 7.23. The first kappa shape index (κ1) is 19.7. The first-order chi connectivity index (χ1) is 12.1. The second-order valence-electron chi connectivity index (χ2n) is 6.52. The molecule has 0 aliphatic heterocycles. The molecule has 0 unspecified atom stereocenters. The molecule has 0 aromatic heterocycles. The smallest absolute Gasteiger partial charge is 0.149 e. The first-order valence-electron chi connectivity index (χ1n) is 9.07. The highest BCUT2D eigenvalue weighted by atomic mass is 31.2. The minimum atomic E-state index is -2.98. The highest BCUT2D eigenvalue weighted by molar-refractivity contribution is 7.79. The van der Waals surface area contributed by atoms with Crippen molar-refractivity contribution in [3.05, 3.63) is 72.3 Å². The Morgan fingerprint density at radius 2 is 1.52 bits per heavy atom. The Labute approximate surface area is 152 Å². The summed E-state index contributed by atoms with van der Waals surface area (Å²) in [5.74, 6) is 0. The molecule has 0 aliphatic rings. The molecular formula is C22H29O2P. The van der Waals surface area contributed by atoms with Crippen LogP contribution in [-0.2, 0) is 4.57 Å². The van der Waals surface area contributed by atoms with Crippen LogP contribution in [0.3, 0.4) is 0 Å². The molecule has 0 bridgehead atoms. The maximum absolute atomic E-state index is 14.5. The summed E-state index contributed by atoms with van der Waals surface area (Å²) < 4.78 is 14.5. The van der Waals surface area contributed by atoms with Crippen molar-refractivity contribution in [2.75, 3.05) is 0 Å². The van der Waals surface area contributed by atoms with Gasteiger partial charge >= 0.3 is 0 Å². The zero-order valence-corrected chi connectivity index (χ0v) is 16.3. The van der Waals surface area contributed by atoms with Gasteiger partial charge in [0.25, 0.3) is 0 Å². The standard InChI is InChI=1S/C22H29O2P/c1-4-6-17-21(22(23)18(3)5-2)25(24,19-13-9-7-10-14-19)20-15-11-8-12-16-20/h5,7-16,21-23H,4,6,17H2,1-3H3/b18-5+/t21-,22-/m1/s1. The molecule has 0 aliphatic carbocycles. The number of allylic oxidation sites excluding steroid dienone is 1. The number of aliphatic hydroxyl groups is 1. The van der Waals surface area contributed by atoms with E-state index >= 15 is 0 Å². The van der Waals surface area contributed by atoms with Crippen molar-refractivity contribution in [2.45, 2.75) is 51.8 Å². The van der Waals surface area contributed by atoms with Gasteiger partial charge in [0.15, 0.2) is 0 Å². The molecule has 2 aromatic carbocycles. The molecule has 0 fully saturated rings. The fourth-order valence-electron chi connectivity index (χ4n) is 3.26. The summed E-state index contributed by atoms with van der Waals surface area (Å²) in [5, 5.41) is 12.7. The maximum Gasteiger partial charge on any atom is 0.149 e. The van der Waals surface area contributed by atoms with Crippen LogP contribution in [0.15, 0.2) is 72.3 Å². The molecule has 0 spiro atoms. The third-order valence-electron chi connectivity index (χ3n) is 4.89. The van der Waals surface area contributed by atoms with Gasteiger partial charge in [-0.15, -0.1) is 0 Å². The summed E-state index contributed by atoms with van der Waals surface area (Å²) >= 11 is 0. The first-order valence-corrected chi connectivity index (χ1v) is 10.8. The fraction of sp³-hybridized carbons (Fsp3) is 0.364. The summed E-state index contributed by atoms with van der Waals surface area (Å²) in [6.07, 6.45) is 3.92. The van der Waals surface area contributed by atoms with E-state index in [2.05, 4.69) is 6.92 Å². The molecule has 2 nitrogen and oxygen atoms in total. The number of aliphatic hydroxyl groups excluding tert-OH is 1. The van der Waals surface area contributed by atoms with Gasteiger partial charge in [-0.05, 0) is 25.8 Å². The molecule has 0 saturated heterocycles. The molecular weight excluding hydrogens is 327 g/mol. The van der Waals surface area contributed by atoms with Crippen LogP contribution in [-0.4, -0.2) is 16.9 Å². The lowest BCUT2D eigenvalue weighted by Crippen LogP contribution is -2.35. The number of benzene rings is 2. The molecule has 0 heterocycles. The zero-order chi connectivity index (χ0) is 18.3. The predicted molar refractivity (Wildman–Crippen MR) is 109 cm³/mol. The molecule has 3 heteroatoms. The monoisotopic (exact) mass is 356 g/mol. The SMILES string of the molecule is C/C=C(\C)[C@@H](O)[C@@H](CCCC)P(=O)(c1ccccc1)c1ccccc1. The van der Waals surface area contributed by atoms with E-state index in [0.717, 1.165) is 35.4 Å². The Morgan fingerprint density at radius 3 is 1.92 bits per heavy atom. The quantitative estimate of drug-likeness (QED) is 0.540. The summed E-state index contributed by atoms with van der Waals surface area (Å²) in [5.41, 5.74) is 0.571. The molecule has 2 aromatic rings. The third-order valence-corrected chi connectivity index (χ3v) is 8.49. The van der Waals surface area contributed by atoms with Gasteiger partial charge in [0.2, 0.25) is 0 Å². The Hall–Kier alpha value is -1.63. The lowest BCUT2D eigenvalue weighted by molar-refractivity contribution is 0.198. The largest absolute Gasteiger partial charge is 0.388 e. The van der Waals surface area contributed by atoms with Gasteiger partial charge in [-0.3, -0.25) is 0 Å². The summed E-state index contributed by atoms with van der Waals surface area (Å²) in [6, 6.07) is 19.3. The van der Waals surface area contributed by atoms with Crippen molar-refractivity contribution in [3.63, 3.8) is 0 Å². The van der Waals surface area contributed by atoms with Crippen LogP contribution >= 0.6 is 7.14 Å². The highest BCUT2D eigenvalue weighted by Crippen LogP contribution is 2.52. The molecule has 0 saturated carbocycles. The van der Waals surface area contributed by atoms with E-state index in [1.54, 1.807) is 0 Å². The summed E-state index contributed by atoms with van der Waals surface area (Å²) in [4.78, 5) is 0. The van der Waals surface area contributed by atoms with Crippen molar-refractivity contribution < 1.29 is 9.67 Å². The van der Waals surface area contributed by atoms with E-state index in [4.69, 9.17) is 0 Å². The van der Waals surface area contributed by atoms with Gasteiger partial charge < -0.3 is 9.67 Å². The molecule has 25 heavy (non-hydrogen) atoms. The average Bonchev–Trinajstić information content (AvgIpc) is 2.68. The van der Waals surface area contributed by atoms with Crippen LogP contribution < -0.4 is 10.6 Å². The molecule has 1 N–H and O–H groups in total. The molecule has 0 amide bonds. The maximum atomic E-state index is 14.5. The fourth-order valence-corrected chi connectivity index (χ4v) is 6.73. The van der Waals surface area contributed by atoms with E-state index in [1.165, 1.54) is 0 Å². The third kappa shape index (κ3) is 4.32. The Bertz CT molecular complexity index is 679. The van der Waals surface area contributed by atoms with E-state index in [9.17, 15) is 9.67 Å². The average molecular weight is 356 g/mol. The highest BCUT2D eigenvalue weighted by Gasteiger charge is 2.40. The zero-order valence-electron chi connectivity index (χ0n) is 15.4. The van der Waals surface area contributed by atoms with E-state index in [-0.39, 0.29) is 5.66 Å². The number of hydrogen-bond donors (Lipinski definition) is 1. The van der Waals surface area contributed by atoms with Crippen LogP contribution in [0.2, 0.25) is 0 Å². The van der Waals surface area contributed by atoms with E-state index in [1.807, 2.05) is 80.6 Å². The van der Waals surface area contributed by atoms with Crippen LogP contribution in [0.5, 0.6) is 0 Å². The normalized spacial score (nSPS) is 15.0. The predicted octanol–water partition coefficient (Wildman–Crippen LogP) is 4.89. The van der Waals surface area contributed by atoms with E-state index in [0.29, 0.717) is 0 Å². The van der Waals surface area contributed by atoms with Gasteiger partial charge in [-0.1, -0.05) is 86.5 Å². The van der Waals surface area contributed by atoms with Crippen molar-refractivity contribution in [1.29, 1.82) is 0 Å². The minimum absolute atomic E-state index is 0.312. The summed E-state index contributed by atoms with van der Waals surface area (Å²) in [6.45, 7) is 5.97.